The average molecular weight is 646 g/mol. The Kier molecular flexibility index (Phi) is 9.87. The fraction of sp³-hybridized carbons (Fsp3) is 0.259. The molecular weight excluding hydrogens is 622 g/mol. The number of nitrogens with one attached hydrogen (secondary N) is 2. The number of halogens is 5. The summed E-state index contributed by atoms with van der Waals surface area (Å²) in [6.07, 6.45) is -4.19. The van der Waals surface area contributed by atoms with Gasteiger partial charge in [0.25, 0.3) is 15.9 Å². The van der Waals surface area contributed by atoms with Crippen molar-refractivity contribution in [1.82, 2.24) is 10.4 Å². The number of nitrogens with zero attached hydrogens (tertiary/aromatic N) is 1. The Morgan fingerprint density at radius 1 is 0.976 bits per heavy atom. The molecule has 42 heavy (non-hydrogen) atoms. The SMILES string of the molecule is O=C(c1ccc(S(=O)(=O)Nc2ccccc2Oc2ccc(Cl)cc2Cl)cc1)N(CC1CCNCC1)OC(=O)C(F)(F)F. The number of carbonyl (C=O) groups excluding carboxylic acids is 2. The molecule has 0 atom stereocenters. The first-order chi connectivity index (χ1) is 19.8. The highest BCUT2D eigenvalue weighted by atomic mass is 35.5. The maximum Gasteiger partial charge on any atom is 0.493 e. The lowest BCUT2D eigenvalue weighted by atomic mass is 9.98. The summed E-state index contributed by atoms with van der Waals surface area (Å²) >= 11 is 12.1. The van der Waals surface area contributed by atoms with Crippen molar-refractivity contribution in [3.05, 3.63) is 82.3 Å². The fourth-order valence-corrected chi connectivity index (χ4v) is 5.57. The van der Waals surface area contributed by atoms with Crippen LogP contribution in [0.3, 0.4) is 0 Å². The number of anilines is 1. The number of para-hydroxylation sites is 2. The van der Waals surface area contributed by atoms with E-state index in [1.807, 2.05) is 0 Å². The smallest absolute Gasteiger partial charge is 0.454 e. The molecule has 9 nitrogen and oxygen atoms in total. The highest BCUT2D eigenvalue weighted by molar-refractivity contribution is 7.92. The summed E-state index contributed by atoms with van der Waals surface area (Å²) in [7, 11) is -4.22. The van der Waals surface area contributed by atoms with Crippen LogP contribution in [0.25, 0.3) is 0 Å². The maximum absolute atomic E-state index is 13.1. The van der Waals surface area contributed by atoms with E-state index in [2.05, 4.69) is 14.9 Å². The lowest BCUT2D eigenvalue weighted by molar-refractivity contribution is -0.230. The van der Waals surface area contributed by atoms with Gasteiger partial charge in [-0.2, -0.15) is 18.2 Å². The average Bonchev–Trinajstić information content (AvgIpc) is 2.94. The van der Waals surface area contributed by atoms with Crippen molar-refractivity contribution in [3.8, 4) is 11.5 Å². The summed E-state index contributed by atoms with van der Waals surface area (Å²) in [5.41, 5.74) is -0.102. The third-order valence-electron chi connectivity index (χ3n) is 6.19. The van der Waals surface area contributed by atoms with Crippen LogP contribution in [0.4, 0.5) is 18.9 Å². The Morgan fingerprint density at radius 3 is 2.29 bits per heavy atom. The van der Waals surface area contributed by atoms with Gasteiger partial charge in [0.05, 0.1) is 22.2 Å². The number of carbonyl (C=O) groups is 2. The molecule has 0 aliphatic carbocycles. The second kappa shape index (κ2) is 13.2. The minimum atomic E-state index is -5.31. The number of amides is 1. The lowest BCUT2D eigenvalue weighted by Crippen LogP contribution is -2.43. The predicted molar refractivity (Wildman–Crippen MR) is 149 cm³/mol. The Labute approximate surface area is 249 Å². The zero-order valence-corrected chi connectivity index (χ0v) is 24.0. The number of ether oxygens (including phenoxy) is 1. The minimum absolute atomic E-state index is 0.0795. The van der Waals surface area contributed by atoms with Crippen LogP contribution >= 0.6 is 23.2 Å². The van der Waals surface area contributed by atoms with E-state index in [-0.39, 0.29) is 45.1 Å². The van der Waals surface area contributed by atoms with Gasteiger partial charge in [0.2, 0.25) is 0 Å². The largest absolute Gasteiger partial charge is 0.493 e. The summed E-state index contributed by atoms with van der Waals surface area (Å²) in [6.45, 7) is 0.944. The van der Waals surface area contributed by atoms with E-state index in [1.54, 1.807) is 18.2 Å². The highest BCUT2D eigenvalue weighted by Crippen LogP contribution is 2.36. The minimum Gasteiger partial charge on any atom is -0.454 e. The first-order valence-corrected chi connectivity index (χ1v) is 14.7. The molecule has 0 unspecified atom stereocenters. The third-order valence-corrected chi connectivity index (χ3v) is 8.10. The van der Waals surface area contributed by atoms with E-state index in [0.29, 0.717) is 36.0 Å². The number of hydrogen-bond acceptors (Lipinski definition) is 7. The van der Waals surface area contributed by atoms with E-state index in [4.69, 9.17) is 27.9 Å². The number of rotatable bonds is 8. The Hall–Kier alpha value is -3.52. The van der Waals surface area contributed by atoms with Crippen molar-refractivity contribution >= 4 is 50.8 Å². The zero-order valence-electron chi connectivity index (χ0n) is 21.7. The van der Waals surface area contributed by atoms with Crippen LogP contribution in [-0.4, -0.2) is 51.2 Å². The molecule has 1 aliphatic heterocycles. The van der Waals surface area contributed by atoms with Gasteiger partial charge in [-0.15, -0.1) is 0 Å². The van der Waals surface area contributed by atoms with Gasteiger partial charge in [0.15, 0.2) is 5.75 Å². The van der Waals surface area contributed by atoms with E-state index in [1.165, 1.54) is 24.3 Å². The number of benzene rings is 3. The normalized spacial score (nSPS) is 14.2. The van der Waals surface area contributed by atoms with Crippen LogP contribution in [-0.2, 0) is 19.7 Å². The van der Waals surface area contributed by atoms with Crippen molar-refractivity contribution in [2.75, 3.05) is 24.4 Å². The molecule has 3 aromatic carbocycles. The summed E-state index contributed by atoms with van der Waals surface area (Å²) in [6, 6.07) is 15.1. The number of hydrogen-bond donors (Lipinski definition) is 2. The van der Waals surface area contributed by atoms with Crippen molar-refractivity contribution in [2.45, 2.75) is 23.9 Å². The molecule has 4 rings (SSSR count). The van der Waals surface area contributed by atoms with Gasteiger partial charge in [-0.1, -0.05) is 35.3 Å². The molecule has 1 aliphatic rings. The molecule has 1 fully saturated rings. The summed E-state index contributed by atoms with van der Waals surface area (Å²) in [4.78, 5) is 28.8. The summed E-state index contributed by atoms with van der Waals surface area (Å²) < 4.78 is 73.1. The van der Waals surface area contributed by atoms with Gasteiger partial charge in [0, 0.05) is 10.6 Å². The highest BCUT2D eigenvalue weighted by Gasteiger charge is 2.44. The quantitative estimate of drug-likeness (QED) is 0.287. The number of piperidine rings is 1. The molecule has 15 heteroatoms. The molecule has 0 saturated carbocycles. The Balaban J connectivity index is 1.52. The second-order valence-corrected chi connectivity index (χ2v) is 11.8. The van der Waals surface area contributed by atoms with Gasteiger partial charge in [-0.3, -0.25) is 9.52 Å². The number of sulfonamides is 1. The topological polar surface area (TPSA) is 114 Å². The monoisotopic (exact) mass is 645 g/mol. The number of hydroxylamine groups is 2. The van der Waals surface area contributed by atoms with Crippen molar-refractivity contribution in [2.24, 2.45) is 5.92 Å². The van der Waals surface area contributed by atoms with E-state index in [0.717, 1.165) is 24.3 Å². The molecule has 1 saturated heterocycles. The van der Waals surface area contributed by atoms with E-state index in [9.17, 15) is 31.2 Å². The first kappa shape index (κ1) is 31.4. The first-order valence-electron chi connectivity index (χ1n) is 12.5. The van der Waals surface area contributed by atoms with Crippen LogP contribution < -0.4 is 14.8 Å². The van der Waals surface area contributed by atoms with E-state index < -0.39 is 28.1 Å². The van der Waals surface area contributed by atoms with E-state index >= 15 is 0 Å². The van der Waals surface area contributed by atoms with Crippen LogP contribution in [0.2, 0.25) is 10.0 Å². The van der Waals surface area contributed by atoms with Gasteiger partial charge >= 0.3 is 12.1 Å². The third kappa shape index (κ3) is 8.06. The van der Waals surface area contributed by atoms with Crippen molar-refractivity contribution < 1.29 is 40.8 Å². The number of alkyl halides is 3. The molecule has 2 N–H and O–H groups in total. The maximum atomic E-state index is 13.1. The molecule has 1 amide bonds. The molecule has 0 radical (unpaired) electrons. The Bertz CT molecular complexity index is 1550. The second-order valence-electron chi connectivity index (χ2n) is 9.24. The van der Waals surface area contributed by atoms with Crippen LogP contribution in [0, 0.1) is 5.92 Å². The van der Waals surface area contributed by atoms with Crippen LogP contribution in [0.15, 0.2) is 71.6 Å². The summed E-state index contributed by atoms with van der Waals surface area (Å²) in [5, 5.41) is 4.07. The van der Waals surface area contributed by atoms with Gasteiger partial charge < -0.3 is 14.9 Å². The molecule has 0 spiro atoms. The molecule has 3 aromatic rings. The predicted octanol–water partition coefficient (Wildman–Crippen LogP) is 6.05. The fourth-order valence-electron chi connectivity index (χ4n) is 4.05. The summed E-state index contributed by atoms with van der Waals surface area (Å²) in [5.74, 6) is -3.39. The van der Waals surface area contributed by atoms with Crippen molar-refractivity contribution in [1.29, 1.82) is 0 Å². The van der Waals surface area contributed by atoms with Gasteiger partial charge in [0.1, 0.15) is 5.75 Å². The zero-order chi connectivity index (χ0) is 30.5. The molecular formula is C27H24Cl2F3N3O6S. The van der Waals surface area contributed by atoms with Crippen LogP contribution in [0.1, 0.15) is 23.2 Å². The van der Waals surface area contributed by atoms with Crippen LogP contribution in [0.5, 0.6) is 11.5 Å². The Morgan fingerprint density at radius 2 is 1.64 bits per heavy atom. The molecule has 0 bridgehead atoms. The molecule has 224 valence electrons. The lowest BCUT2D eigenvalue weighted by Gasteiger charge is -2.29. The van der Waals surface area contributed by atoms with Gasteiger partial charge in [-0.25, -0.2) is 13.2 Å². The standard InChI is InChI=1S/C27H24Cl2F3N3O6S/c28-19-7-10-23(21(29)15-19)40-24-4-2-1-3-22(24)34-42(38,39)20-8-5-18(6-9-20)25(36)35(41-26(37)27(30,31)32)16-17-11-13-33-14-12-17/h1-10,15,17,33-34H,11-14,16H2. The molecule has 1 heterocycles. The molecule has 0 aromatic heterocycles. The van der Waals surface area contributed by atoms with Gasteiger partial charge in [-0.05, 0) is 86.4 Å². The van der Waals surface area contributed by atoms with Crippen molar-refractivity contribution in [3.63, 3.8) is 0 Å².